The summed E-state index contributed by atoms with van der Waals surface area (Å²) in [7, 11) is 1.70. The molecule has 0 aliphatic rings. The van der Waals surface area contributed by atoms with Crippen molar-refractivity contribution in [3.05, 3.63) is 42.2 Å². The number of fused-ring (bicyclic) bond motifs is 1. The van der Waals surface area contributed by atoms with Crippen LogP contribution in [0.5, 0.6) is 0 Å². The first-order chi connectivity index (χ1) is 12.4. The van der Waals surface area contributed by atoms with E-state index in [-0.39, 0.29) is 0 Å². The number of aromatic nitrogens is 1. The van der Waals surface area contributed by atoms with Gasteiger partial charge in [0.15, 0.2) is 5.96 Å². The number of aliphatic imine (C=N–C) groups is 1. The Morgan fingerprint density at radius 1 is 1.12 bits per heavy atom. The van der Waals surface area contributed by atoms with Gasteiger partial charge in [0.05, 0.1) is 12.2 Å². The molecular formula is C19H27N5O2. The lowest BCUT2D eigenvalue weighted by atomic mass is 10.1. The van der Waals surface area contributed by atoms with Gasteiger partial charge in [-0.1, -0.05) is 24.3 Å². The summed E-state index contributed by atoms with van der Waals surface area (Å²) in [4.78, 5) is 20.2. The van der Waals surface area contributed by atoms with E-state index in [0.29, 0.717) is 25.6 Å². The molecule has 0 saturated heterocycles. The van der Waals surface area contributed by atoms with Gasteiger partial charge in [0, 0.05) is 31.7 Å². The molecule has 1 amide bonds. The summed E-state index contributed by atoms with van der Waals surface area (Å²) >= 11 is 0. The molecule has 7 nitrogen and oxygen atoms in total. The summed E-state index contributed by atoms with van der Waals surface area (Å²) in [5.41, 5.74) is 0.457. The molecule has 0 spiro atoms. The maximum Gasteiger partial charge on any atom is 0.407 e. The first kappa shape index (κ1) is 19.5. The van der Waals surface area contributed by atoms with Crippen LogP contribution in [0.15, 0.2) is 41.5 Å². The van der Waals surface area contributed by atoms with E-state index in [1.807, 2.05) is 39.0 Å². The predicted molar refractivity (Wildman–Crippen MR) is 104 cm³/mol. The van der Waals surface area contributed by atoms with Crippen molar-refractivity contribution < 1.29 is 9.53 Å². The van der Waals surface area contributed by atoms with Gasteiger partial charge in [-0.15, -0.1) is 0 Å². The minimum Gasteiger partial charge on any atom is -0.444 e. The highest BCUT2D eigenvalue weighted by Gasteiger charge is 2.15. The van der Waals surface area contributed by atoms with Crippen LogP contribution in [-0.2, 0) is 11.3 Å². The molecule has 0 aliphatic heterocycles. The average Bonchev–Trinajstić information content (AvgIpc) is 2.59. The maximum absolute atomic E-state index is 11.6. The van der Waals surface area contributed by atoms with Crippen LogP contribution in [-0.4, -0.2) is 42.8 Å². The van der Waals surface area contributed by atoms with Crippen molar-refractivity contribution in [3.63, 3.8) is 0 Å². The van der Waals surface area contributed by atoms with Crippen molar-refractivity contribution >= 4 is 22.8 Å². The zero-order valence-corrected chi connectivity index (χ0v) is 15.8. The molecule has 0 radical (unpaired) electrons. The molecule has 3 N–H and O–H groups in total. The van der Waals surface area contributed by atoms with Crippen molar-refractivity contribution in [2.45, 2.75) is 32.9 Å². The van der Waals surface area contributed by atoms with Crippen LogP contribution in [0.2, 0.25) is 0 Å². The number of guanidine groups is 1. The molecular weight excluding hydrogens is 330 g/mol. The smallest absolute Gasteiger partial charge is 0.407 e. The van der Waals surface area contributed by atoms with Crippen LogP contribution in [0.25, 0.3) is 10.8 Å². The van der Waals surface area contributed by atoms with E-state index in [1.165, 1.54) is 0 Å². The van der Waals surface area contributed by atoms with Gasteiger partial charge in [-0.25, -0.2) is 4.79 Å². The number of nitrogens with one attached hydrogen (secondary N) is 3. The SMILES string of the molecule is CN=C(NCCNC(=O)OC(C)(C)C)NCc1nccc2ccccc12. The number of amides is 1. The number of benzene rings is 1. The molecule has 0 atom stereocenters. The summed E-state index contributed by atoms with van der Waals surface area (Å²) < 4.78 is 5.19. The molecule has 1 aromatic carbocycles. The Balaban J connectivity index is 1.78. The quantitative estimate of drug-likeness (QED) is 0.435. The molecule has 0 aliphatic carbocycles. The van der Waals surface area contributed by atoms with E-state index in [1.54, 1.807) is 13.2 Å². The van der Waals surface area contributed by atoms with Crippen LogP contribution in [0.3, 0.4) is 0 Å². The Morgan fingerprint density at radius 3 is 2.58 bits per heavy atom. The highest BCUT2D eigenvalue weighted by atomic mass is 16.6. The summed E-state index contributed by atoms with van der Waals surface area (Å²) in [6.07, 6.45) is 1.38. The molecule has 1 heterocycles. The first-order valence-corrected chi connectivity index (χ1v) is 8.63. The number of hydrogen-bond acceptors (Lipinski definition) is 4. The van der Waals surface area contributed by atoms with Crippen molar-refractivity contribution in [2.75, 3.05) is 20.1 Å². The first-order valence-electron chi connectivity index (χ1n) is 8.63. The van der Waals surface area contributed by atoms with Crippen LogP contribution in [0.1, 0.15) is 26.5 Å². The molecule has 140 valence electrons. The van der Waals surface area contributed by atoms with Gasteiger partial charge in [-0.3, -0.25) is 9.98 Å². The largest absolute Gasteiger partial charge is 0.444 e. The normalized spacial score (nSPS) is 11.9. The van der Waals surface area contributed by atoms with E-state index in [2.05, 4.69) is 38.1 Å². The lowest BCUT2D eigenvalue weighted by molar-refractivity contribution is 0.0529. The third kappa shape index (κ3) is 6.23. The van der Waals surface area contributed by atoms with Crippen molar-refractivity contribution in [3.8, 4) is 0 Å². The Bertz CT molecular complexity index is 763. The molecule has 0 unspecified atom stereocenters. The van der Waals surface area contributed by atoms with Gasteiger partial charge in [-0.2, -0.15) is 0 Å². The zero-order chi connectivity index (χ0) is 19.0. The van der Waals surface area contributed by atoms with E-state index >= 15 is 0 Å². The van der Waals surface area contributed by atoms with E-state index in [4.69, 9.17) is 4.74 Å². The third-order valence-corrected chi connectivity index (χ3v) is 3.49. The van der Waals surface area contributed by atoms with Crippen LogP contribution < -0.4 is 16.0 Å². The van der Waals surface area contributed by atoms with Crippen molar-refractivity contribution in [1.29, 1.82) is 0 Å². The van der Waals surface area contributed by atoms with Crippen LogP contribution in [0, 0.1) is 0 Å². The lowest BCUT2D eigenvalue weighted by Gasteiger charge is -2.20. The third-order valence-electron chi connectivity index (χ3n) is 3.49. The fourth-order valence-electron chi connectivity index (χ4n) is 2.37. The number of carbonyl (C=O) groups is 1. The topological polar surface area (TPSA) is 87.6 Å². The standard InChI is InChI=1S/C19H27N5O2/c1-19(2,3)26-18(25)23-12-11-22-17(20-4)24-13-16-15-8-6-5-7-14(15)9-10-21-16/h5-10H,11-13H2,1-4H3,(H,23,25)(H2,20,22,24). The summed E-state index contributed by atoms with van der Waals surface area (Å²) in [5.74, 6) is 0.644. The summed E-state index contributed by atoms with van der Waals surface area (Å²) in [6.45, 7) is 7.01. The summed E-state index contributed by atoms with van der Waals surface area (Å²) in [5, 5.41) is 11.4. The van der Waals surface area contributed by atoms with Crippen LogP contribution >= 0.6 is 0 Å². The van der Waals surface area contributed by atoms with E-state index in [0.717, 1.165) is 16.5 Å². The molecule has 0 bridgehead atoms. The number of carbonyl (C=O) groups excluding carboxylic acids is 1. The van der Waals surface area contributed by atoms with E-state index < -0.39 is 11.7 Å². The molecule has 7 heteroatoms. The highest BCUT2D eigenvalue weighted by molar-refractivity contribution is 5.85. The van der Waals surface area contributed by atoms with Gasteiger partial charge >= 0.3 is 6.09 Å². The number of hydrogen-bond donors (Lipinski definition) is 3. The van der Waals surface area contributed by atoms with Gasteiger partial charge in [-0.05, 0) is 32.2 Å². The summed E-state index contributed by atoms with van der Waals surface area (Å²) in [6, 6.07) is 10.1. The molecule has 2 rings (SSSR count). The average molecular weight is 357 g/mol. The lowest BCUT2D eigenvalue weighted by Crippen LogP contribution is -2.42. The molecule has 0 fully saturated rings. The predicted octanol–water partition coefficient (Wildman–Crippen LogP) is 2.42. The fraction of sp³-hybridized carbons (Fsp3) is 0.421. The molecule has 26 heavy (non-hydrogen) atoms. The Labute approximate surface area is 154 Å². The van der Waals surface area contributed by atoms with Crippen molar-refractivity contribution in [1.82, 2.24) is 20.9 Å². The second kappa shape index (κ2) is 9.03. The number of nitrogens with zero attached hydrogens (tertiary/aromatic N) is 2. The van der Waals surface area contributed by atoms with Gasteiger partial charge in [0.1, 0.15) is 5.60 Å². The Morgan fingerprint density at radius 2 is 1.85 bits per heavy atom. The molecule has 1 aromatic heterocycles. The maximum atomic E-state index is 11.6. The van der Waals surface area contributed by atoms with Crippen LogP contribution in [0.4, 0.5) is 4.79 Å². The Kier molecular flexibility index (Phi) is 6.77. The zero-order valence-electron chi connectivity index (χ0n) is 15.8. The Hall–Kier alpha value is -2.83. The van der Waals surface area contributed by atoms with Gasteiger partial charge in [0.25, 0.3) is 0 Å². The molecule has 2 aromatic rings. The van der Waals surface area contributed by atoms with Gasteiger partial charge in [0.2, 0.25) is 0 Å². The van der Waals surface area contributed by atoms with E-state index in [9.17, 15) is 4.79 Å². The van der Waals surface area contributed by atoms with Crippen molar-refractivity contribution in [2.24, 2.45) is 4.99 Å². The van der Waals surface area contributed by atoms with Gasteiger partial charge < -0.3 is 20.7 Å². The molecule has 0 saturated carbocycles. The number of ether oxygens (including phenoxy) is 1. The fourth-order valence-corrected chi connectivity index (χ4v) is 2.37. The minimum atomic E-state index is -0.499. The second-order valence-corrected chi connectivity index (χ2v) is 6.76. The number of pyridine rings is 1. The highest BCUT2D eigenvalue weighted by Crippen LogP contribution is 2.15. The monoisotopic (exact) mass is 357 g/mol. The minimum absolute atomic E-state index is 0.429. The number of rotatable bonds is 5. The number of alkyl carbamates (subject to hydrolysis) is 1. The second-order valence-electron chi connectivity index (χ2n) is 6.76.